The fourth-order valence-corrected chi connectivity index (χ4v) is 3.94. The van der Waals surface area contributed by atoms with E-state index in [2.05, 4.69) is 57.6 Å². The second kappa shape index (κ2) is 10.8. The zero-order valence-electron chi connectivity index (χ0n) is 17.4. The van der Waals surface area contributed by atoms with Gasteiger partial charge < -0.3 is 10.2 Å². The van der Waals surface area contributed by atoms with Gasteiger partial charge in [-0.3, -0.25) is 9.58 Å². The largest absolute Gasteiger partial charge is 0.356 e. The average Bonchev–Trinajstić information content (AvgIpc) is 3.08. The molecule has 0 unspecified atom stereocenters. The van der Waals surface area contributed by atoms with E-state index in [9.17, 15) is 0 Å². The van der Waals surface area contributed by atoms with Gasteiger partial charge in [0.1, 0.15) is 0 Å². The van der Waals surface area contributed by atoms with E-state index < -0.39 is 0 Å². The van der Waals surface area contributed by atoms with Crippen molar-refractivity contribution < 1.29 is 0 Å². The topological polar surface area (TPSA) is 48.7 Å². The minimum atomic E-state index is 0. The number of aromatic nitrogens is 2. The van der Waals surface area contributed by atoms with Gasteiger partial charge >= 0.3 is 0 Å². The third kappa shape index (κ3) is 5.70. The van der Waals surface area contributed by atoms with Crippen LogP contribution in [0.15, 0.2) is 47.6 Å². The Morgan fingerprint density at radius 1 is 1.21 bits per heavy atom. The lowest BCUT2D eigenvalue weighted by Gasteiger charge is -2.39. The molecule has 1 aliphatic heterocycles. The molecule has 0 radical (unpaired) electrons. The molecule has 28 heavy (non-hydrogen) atoms. The first-order valence-corrected chi connectivity index (χ1v) is 9.74. The number of hydrogen-bond acceptors (Lipinski definition) is 3. The molecule has 1 N–H and O–H groups in total. The lowest BCUT2D eigenvalue weighted by Crippen LogP contribution is -2.45. The van der Waals surface area contributed by atoms with Crippen LogP contribution in [0, 0.1) is 5.92 Å². The van der Waals surface area contributed by atoms with E-state index in [-0.39, 0.29) is 24.0 Å². The smallest absolute Gasteiger partial charge is 0.193 e. The van der Waals surface area contributed by atoms with Crippen LogP contribution in [0.2, 0.25) is 0 Å². The van der Waals surface area contributed by atoms with E-state index in [0.717, 1.165) is 19.0 Å². The summed E-state index contributed by atoms with van der Waals surface area (Å²) in [6.45, 7) is 2.73. The van der Waals surface area contributed by atoms with Gasteiger partial charge in [0.25, 0.3) is 0 Å². The summed E-state index contributed by atoms with van der Waals surface area (Å²) in [5.41, 5.74) is 2.51. The van der Waals surface area contributed by atoms with Gasteiger partial charge in [-0.1, -0.05) is 30.3 Å². The van der Waals surface area contributed by atoms with Crippen molar-refractivity contribution in [2.75, 3.05) is 34.2 Å². The molecule has 2 atom stereocenters. The third-order valence-corrected chi connectivity index (χ3v) is 5.37. The van der Waals surface area contributed by atoms with Gasteiger partial charge in [-0.25, -0.2) is 4.99 Å². The Balaban J connectivity index is 0.00000280. The molecular weight excluding hydrogens is 463 g/mol. The molecule has 1 aromatic carbocycles. The van der Waals surface area contributed by atoms with Gasteiger partial charge in [0.2, 0.25) is 0 Å². The predicted molar refractivity (Wildman–Crippen MR) is 126 cm³/mol. The molecule has 1 fully saturated rings. The Morgan fingerprint density at radius 3 is 2.61 bits per heavy atom. The summed E-state index contributed by atoms with van der Waals surface area (Å²) < 4.78 is 2.01. The summed E-state index contributed by atoms with van der Waals surface area (Å²) in [4.78, 5) is 9.33. The van der Waals surface area contributed by atoms with Crippen molar-refractivity contribution in [1.82, 2.24) is 24.9 Å². The molecule has 0 spiro atoms. The van der Waals surface area contributed by atoms with Crippen molar-refractivity contribution in [3.63, 3.8) is 0 Å². The molecule has 154 valence electrons. The van der Waals surface area contributed by atoms with Gasteiger partial charge in [0.05, 0.1) is 18.3 Å². The fourth-order valence-electron chi connectivity index (χ4n) is 3.94. The molecule has 1 aromatic heterocycles. The number of hydrogen-bond donors (Lipinski definition) is 1. The number of rotatable bonds is 5. The van der Waals surface area contributed by atoms with Crippen molar-refractivity contribution in [3.05, 3.63) is 53.9 Å². The highest BCUT2D eigenvalue weighted by Crippen LogP contribution is 2.34. The van der Waals surface area contributed by atoms with E-state index in [4.69, 9.17) is 4.99 Å². The number of nitrogens with one attached hydrogen (secondary N) is 1. The van der Waals surface area contributed by atoms with E-state index in [1.807, 2.05) is 38.1 Å². The van der Waals surface area contributed by atoms with Crippen molar-refractivity contribution in [2.24, 2.45) is 18.0 Å². The summed E-state index contributed by atoms with van der Waals surface area (Å²) in [6.07, 6.45) is 4.34. The molecule has 2 heterocycles. The lowest BCUT2D eigenvalue weighted by atomic mass is 9.87. The van der Waals surface area contributed by atoms with Crippen LogP contribution < -0.4 is 5.32 Å². The maximum atomic E-state index is 4.80. The Morgan fingerprint density at radius 2 is 1.96 bits per heavy atom. The molecule has 1 saturated heterocycles. The molecule has 0 saturated carbocycles. The van der Waals surface area contributed by atoms with E-state index in [1.54, 1.807) is 0 Å². The Labute approximate surface area is 186 Å². The summed E-state index contributed by atoms with van der Waals surface area (Å²) in [5, 5.41) is 8.00. The maximum Gasteiger partial charge on any atom is 0.193 e. The van der Waals surface area contributed by atoms with Gasteiger partial charge in [0, 0.05) is 33.9 Å². The summed E-state index contributed by atoms with van der Waals surface area (Å²) in [7, 11) is 8.35. The number of aliphatic imine (C=N–C) groups is 1. The number of halogens is 1. The van der Waals surface area contributed by atoms with Crippen LogP contribution >= 0.6 is 24.0 Å². The van der Waals surface area contributed by atoms with Gasteiger partial charge in [0.15, 0.2) is 5.96 Å². The quantitative estimate of drug-likeness (QED) is 0.393. The maximum absolute atomic E-state index is 4.80. The zero-order chi connectivity index (χ0) is 19.2. The highest BCUT2D eigenvalue weighted by atomic mass is 127. The number of nitrogens with zero attached hydrogens (tertiary/aromatic N) is 5. The fraction of sp³-hybridized carbons (Fsp3) is 0.524. The SMILES string of the molecule is CN(C)C(=NCc1ccccc1)NC[C@@H]1CCCN(C)[C@H]1c1ccnn1C.I. The van der Waals surface area contributed by atoms with Crippen LogP contribution in [-0.4, -0.2) is 59.8 Å². The Hall–Kier alpha value is -1.61. The number of aryl methyl sites for hydroxylation is 1. The second-order valence-corrected chi connectivity index (χ2v) is 7.61. The molecule has 0 amide bonds. The van der Waals surface area contributed by atoms with Crippen LogP contribution in [-0.2, 0) is 13.6 Å². The molecule has 0 aliphatic carbocycles. The standard InChI is InChI=1S/C21H32N6.HI/c1-25(2)21(22-15-17-9-6-5-7-10-17)23-16-18-11-8-14-26(3)20(18)19-12-13-24-27(19)4;/h5-7,9-10,12-13,18,20H,8,11,14-16H2,1-4H3,(H,22,23);1H/t18-,20+;/m0./s1. The third-order valence-electron chi connectivity index (χ3n) is 5.37. The average molecular weight is 496 g/mol. The van der Waals surface area contributed by atoms with E-state index in [0.29, 0.717) is 18.5 Å². The molecular formula is C21H33IN6. The summed E-state index contributed by atoms with van der Waals surface area (Å²) in [6, 6.07) is 12.9. The number of guanidine groups is 1. The van der Waals surface area contributed by atoms with E-state index >= 15 is 0 Å². The summed E-state index contributed by atoms with van der Waals surface area (Å²) in [5.74, 6) is 1.47. The number of likely N-dealkylation sites (tertiary alicyclic amines) is 1. The molecule has 6 nitrogen and oxygen atoms in total. The highest BCUT2D eigenvalue weighted by molar-refractivity contribution is 14.0. The van der Waals surface area contributed by atoms with Crippen molar-refractivity contribution in [3.8, 4) is 0 Å². The zero-order valence-corrected chi connectivity index (χ0v) is 19.7. The van der Waals surface area contributed by atoms with E-state index in [1.165, 1.54) is 24.1 Å². The number of piperidine rings is 1. The van der Waals surface area contributed by atoms with Crippen molar-refractivity contribution >= 4 is 29.9 Å². The van der Waals surface area contributed by atoms with Gasteiger partial charge in [-0.2, -0.15) is 5.10 Å². The highest BCUT2D eigenvalue weighted by Gasteiger charge is 2.32. The van der Waals surface area contributed by atoms with Crippen LogP contribution in [0.25, 0.3) is 0 Å². The molecule has 2 aromatic rings. The summed E-state index contributed by atoms with van der Waals surface area (Å²) >= 11 is 0. The first-order valence-electron chi connectivity index (χ1n) is 9.74. The van der Waals surface area contributed by atoms with Gasteiger partial charge in [-0.05, 0) is 44.0 Å². The van der Waals surface area contributed by atoms with Crippen molar-refractivity contribution in [2.45, 2.75) is 25.4 Å². The van der Waals surface area contributed by atoms with Crippen LogP contribution in [0.1, 0.15) is 30.1 Å². The minimum Gasteiger partial charge on any atom is -0.356 e. The number of benzene rings is 1. The van der Waals surface area contributed by atoms with Crippen molar-refractivity contribution in [1.29, 1.82) is 0 Å². The first-order chi connectivity index (χ1) is 13.1. The van der Waals surface area contributed by atoms with Gasteiger partial charge in [-0.15, -0.1) is 24.0 Å². The predicted octanol–water partition coefficient (Wildman–Crippen LogP) is 3.13. The normalized spacial score (nSPS) is 20.5. The molecule has 3 rings (SSSR count). The Bertz CT molecular complexity index is 742. The Kier molecular flexibility index (Phi) is 8.75. The molecule has 7 heteroatoms. The van der Waals surface area contributed by atoms with Crippen LogP contribution in [0.4, 0.5) is 0 Å². The van der Waals surface area contributed by atoms with Crippen LogP contribution in [0.3, 0.4) is 0 Å². The second-order valence-electron chi connectivity index (χ2n) is 7.61. The lowest BCUT2D eigenvalue weighted by molar-refractivity contribution is 0.115. The minimum absolute atomic E-state index is 0. The monoisotopic (exact) mass is 496 g/mol. The first kappa shape index (κ1) is 22.7. The molecule has 1 aliphatic rings. The molecule has 0 bridgehead atoms. The van der Waals surface area contributed by atoms with Crippen LogP contribution in [0.5, 0.6) is 0 Å².